The fourth-order valence-electron chi connectivity index (χ4n) is 2.67. The Morgan fingerprint density at radius 2 is 1.09 bits per heavy atom. The van der Waals surface area contributed by atoms with Gasteiger partial charge in [-0.3, -0.25) is 0 Å². The third-order valence-corrected chi connectivity index (χ3v) is 13.4. The molecule has 0 amide bonds. The van der Waals surface area contributed by atoms with Crippen molar-refractivity contribution in [1.82, 2.24) is 0 Å². The van der Waals surface area contributed by atoms with E-state index in [9.17, 15) is 0 Å². The van der Waals surface area contributed by atoms with E-state index in [2.05, 4.69) is 19.6 Å². The van der Waals surface area contributed by atoms with Crippen molar-refractivity contribution in [3.8, 4) is 0 Å². The van der Waals surface area contributed by atoms with Crippen LogP contribution >= 0.6 is 12.6 Å². The quantitative estimate of drug-likeness (QED) is 0.375. The van der Waals surface area contributed by atoms with E-state index >= 15 is 0 Å². The minimum absolute atomic E-state index is 0.00750. The highest BCUT2D eigenvalue weighted by Gasteiger charge is 2.60. The standard InChI is InChI=1S/C14H34O5SSi2/c1-7-15-21(13-12-20,16-8-2)14(6)22(17-9-3,18-10-4)19-11-5/h14,20H,7-13H2,1-6H3. The van der Waals surface area contributed by atoms with Crippen molar-refractivity contribution in [2.75, 3.05) is 38.8 Å². The lowest BCUT2D eigenvalue weighted by molar-refractivity contribution is 0.0610. The third-order valence-electron chi connectivity index (χ3n) is 3.46. The normalized spacial score (nSPS) is 14.3. The van der Waals surface area contributed by atoms with Gasteiger partial charge in [-0.25, -0.2) is 0 Å². The first kappa shape index (κ1) is 22.6. The maximum absolute atomic E-state index is 6.18. The van der Waals surface area contributed by atoms with Gasteiger partial charge in [-0.05, 0) is 40.4 Å². The van der Waals surface area contributed by atoms with Crippen LogP contribution in [-0.4, -0.2) is 56.2 Å². The molecule has 134 valence electrons. The number of hydrogen-bond acceptors (Lipinski definition) is 6. The smallest absolute Gasteiger partial charge is 0.394 e. The van der Waals surface area contributed by atoms with Crippen LogP contribution in [0.3, 0.4) is 0 Å². The van der Waals surface area contributed by atoms with Gasteiger partial charge in [-0.15, -0.1) is 0 Å². The Balaban J connectivity index is 5.67. The molecule has 1 atom stereocenters. The third kappa shape index (κ3) is 5.90. The van der Waals surface area contributed by atoms with Crippen LogP contribution in [0.5, 0.6) is 0 Å². The second-order valence-corrected chi connectivity index (χ2v) is 12.3. The summed E-state index contributed by atoms with van der Waals surface area (Å²) >= 11 is 4.41. The molecule has 22 heavy (non-hydrogen) atoms. The molecular formula is C14H34O5SSi2. The summed E-state index contributed by atoms with van der Waals surface area (Å²) in [4.78, 5) is 0. The Hall–Kier alpha value is 0.584. The van der Waals surface area contributed by atoms with Gasteiger partial charge in [-0.1, -0.05) is 6.92 Å². The maximum atomic E-state index is 6.18. The fraction of sp³-hybridized carbons (Fsp3) is 1.00. The maximum Gasteiger partial charge on any atom is 0.505 e. The lowest BCUT2D eigenvalue weighted by Gasteiger charge is -2.42. The molecule has 0 radical (unpaired) electrons. The van der Waals surface area contributed by atoms with Gasteiger partial charge >= 0.3 is 17.4 Å². The largest absolute Gasteiger partial charge is 0.505 e. The van der Waals surface area contributed by atoms with Gasteiger partial charge < -0.3 is 22.1 Å². The van der Waals surface area contributed by atoms with Crippen LogP contribution in [-0.2, 0) is 22.1 Å². The molecule has 0 N–H and O–H groups in total. The van der Waals surface area contributed by atoms with Crippen LogP contribution in [0.2, 0.25) is 11.2 Å². The van der Waals surface area contributed by atoms with Crippen LogP contribution in [0.1, 0.15) is 41.5 Å². The first-order valence-electron chi connectivity index (χ1n) is 8.32. The first-order chi connectivity index (χ1) is 10.5. The Morgan fingerprint density at radius 1 is 0.727 bits per heavy atom. The highest BCUT2D eigenvalue weighted by molar-refractivity contribution is 7.80. The molecule has 0 rings (SSSR count). The van der Waals surface area contributed by atoms with E-state index in [1.165, 1.54) is 0 Å². The summed E-state index contributed by atoms with van der Waals surface area (Å²) in [6.07, 6.45) is 0. The van der Waals surface area contributed by atoms with Crippen molar-refractivity contribution < 1.29 is 22.1 Å². The summed E-state index contributed by atoms with van der Waals surface area (Å²) in [6.45, 7) is 14.9. The second-order valence-electron chi connectivity index (χ2n) is 4.78. The van der Waals surface area contributed by atoms with Gasteiger partial charge in [-0.2, -0.15) is 12.6 Å². The van der Waals surface area contributed by atoms with Crippen LogP contribution in [0.4, 0.5) is 0 Å². The number of hydrogen-bond donors (Lipinski definition) is 1. The van der Waals surface area contributed by atoms with E-state index in [-0.39, 0.29) is 5.16 Å². The zero-order valence-corrected chi connectivity index (χ0v) is 17.9. The fourth-order valence-corrected chi connectivity index (χ4v) is 12.2. The van der Waals surface area contributed by atoms with E-state index < -0.39 is 17.4 Å². The molecule has 0 heterocycles. The molecule has 0 aliphatic heterocycles. The zero-order chi connectivity index (χ0) is 17.1. The summed E-state index contributed by atoms with van der Waals surface area (Å²) in [5.41, 5.74) is 0. The Bertz CT molecular complexity index is 224. The summed E-state index contributed by atoms with van der Waals surface area (Å²) in [5.74, 6) is 0.714. The summed E-state index contributed by atoms with van der Waals surface area (Å²) < 4.78 is 30.5. The highest BCUT2D eigenvalue weighted by Crippen LogP contribution is 2.38. The van der Waals surface area contributed by atoms with Gasteiger partial charge in [0.1, 0.15) is 0 Å². The Kier molecular flexibility index (Phi) is 12.3. The van der Waals surface area contributed by atoms with Crippen molar-refractivity contribution in [2.24, 2.45) is 0 Å². The van der Waals surface area contributed by atoms with Crippen LogP contribution < -0.4 is 0 Å². The average molecular weight is 371 g/mol. The molecule has 5 nitrogen and oxygen atoms in total. The van der Waals surface area contributed by atoms with E-state index in [4.69, 9.17) is 22.1 Å². The molecule has 0 aliphatic carbocycles. The van der Waals surface area contributed by atoms with Crippen molar-refractivity contribution in [1.29, 1.82) is 0 Å². The summed E-state index contributed by atoms with van der Waals surface area (Å²) in [5, 5.41) is -0.00750. The van der Waals surface area contributed by atoms with Gasteiger partial charge in [0, 0.05) is 39.1 Å². The molecular weight excluding hydrogens is 336 g/mol. The summed E-state index contributed by atoms with van der Waals surface area (Å²) in [6, 6.07) is 0.793. The van der Waals surface area contributed by atoms with Gasteiger partial charge in [0.05, 0.1) is 5.16 Å². The predicted octanol–water partition coefficient (Wildman–Crippen LogP) is 3.41. The van der Waals surface area contributed by atoms with E-state index in [0.717, 1.165) is 6.04 Å². The van der Waals surface area contributed by atoms with Gasteiger partial charge in [0.25, 0.3) is 0 Å². The van der Waals surface area contributed by atoms with Crippen LogP contribution in [0, 0.1) is 0 Å². The SMILES string of the molecule is CCO[Si](CCS)(OCC)C(C)[Si](OCC)(OCC)OCC. The average Bonchev–Trinajstić information content (AvgIpc) is 2.48. The second kappa shape index (κ2) is 12.0. The van der Waals surface area contributed by atoms with E-state index in [1.54, 1.807) is 0 Å². The minimum Gasteiger partial charge on any atom is -0.394 e. The zero-order valence-electron chi connectivity index (χ0n) is 15.0. The Morgan fingerprint density at radius 3 is 1.36 bits per heavy atom. The van der Waals surface area contributed by atoms with Crippen molar-refractivity contribution >= 4 is 30.0 Å². The molecule has 0 fully saturated rings. The van der Waals surface area contributed by atoms with Crippen molar-refractivity contribution in [2.45, 2.75) is 52.8 Å². The molecule has 0 spiro atoms. The number of thiol groups is 1. The highest BCUT2D eigenvalue weighted by atomic mass is 32.1. The van der Waals surface area contributed by atoms with Crippen LogP contribution in [0.15, 0.2) is 0 Å². The van der Waals surface area contributed by atoms with Crippen LogP contribution in [0.25, 0.3) is 0 Å². The lowest BCUT2D eigenvalue weighted by Crippen LogP contribution is -2.62. The topological polar surface area (TPSA) is 46.2 Å². The molecule has 1 unspecified atom stereocenters. The van der Waals surface area contributed by atoms with E-state index in [1.807, 2.05) is 34.6 Å². The molecule has 0 bridgehead atoms. The Labute approximate surface area is 144 Å². The molecule has 0 aromatic heterocycles. The predicted molar refractivity (Wildman–Crippen MR) is 97.7 cm³/mol. The van der Waals surface area contributed by atoms with Crippen molar-refractivity contribution in [3.63, 3.8) is 0 Å². The molecule has 0 aliphatic rings. The van der Waals surface area contributed by atoms with Gasteiger partial charge in [0.15, 0.2) is 0 Å². The monoisotopic (exact) mass is 370 g/mol. The molecule has 8 heteroatoms. The van der Waals surface area contributed by atoms with Gasteiger partial charge in [0.2, 0.25) is 0 Å². The summed E-state index contributed by atoms with van der Waals surface area (Å²) in [7, 11) is -5.40. The molecule has 0 aromatic rings. The van der Waals surface area contributed by atoms with E-state index in [0.29, 0.717) is 38.8 Å². The molecule has 0 saturated heterocycles. The first-order valence-corrected chi connectivity index (χ1v) is 12.9. The number of rotatable bonds is 14. The molecule has 0 aromatic carbocycles. The minimum atomic E-state index is -2.87. The molecule has 0 saturated carbocycles. The van der Waals surface area contributed by atoms with Crippen molar-refractivity contribution in [3.05, 3.63) is 0 Å². The lowest BCUT2D eigenvalue weighted by atomic mass is 10.9.